The maximum absolute atomic E-state index is 5.78. The topological polar surface area (TPSA) is 50.9 Å². The van der Waals surface area contributed by atoms with E-state index in [2.05, 4.69) is 44.1 Å². The molecule has 0 amide bonds. The molecule has 0 saturated carbocycles. The van der Waals surface area contributed by atoms with Gasteiger partial charge in [-0.2, -0.15) is 0 Å². The van der Waals surface area contributed by atoms with E-state index in [1.54, 1.807) is 0 Å². The SMILES string of the molecule is CC(C)C(CNc1ccc2cc(N)ccc2n1)C(C)C. The van der Waals surface area contributed by atoms with Crippen LogP contribution in [0, 0.1) is 17.8 Å². The highest BCUT2D eigenvalue weighted by Gasteiger charge is 2.17. The normalized spacial score (nSPS) is 11.8. The van der Waals surface area contributed by atoms with Crippen molar-refractivity contribution in [3.05, 3.63) is 30.3 Å². The zero-order valence-corrected chi connectivity index (χ0v) is 12.9. The fourth-order valence-corrected chi connectivity index (χ4v) is 2.71. The minimum Gasteiger partial charge on any atom is -0.399 e. The summed E-state index contributed by atoms with van der Waals surface area (Å²) in [5, 5.41) is 4.55. The number of benzene rings is 1. The summed E-state index contributed by atoms with van der Waals surface area (Å²) in [6.07, 6.45) is 0. The minimum atomic E-state index is 0.652. The molecule has 1 heterocycles. The number of nitrogen functional groups attached to an aromatic ring is 1. The number of nitrogens with two attached hydrogens (primary N) is 1. The van der Waals surface area contributed by atoms with E-state index in [0.29, 0.717) is 17.8 Å². The first-order valence-corrected chi connectivity index (χ1v) is 7.37. The lowest BCUT2D eigenvalue weighted by Gasteiger charge is -2.25. The van der Waals surface area contributed by atoms with Crippen molar-refractivity contribution in [2.24, 2.45) is 17.8 Å². The summed E-state index contributed by atoms with van der Waals surface area (Å²) in [5.41, 5.74) is 7.54. The van der Waals surface area contributed by atoms with E-state index in [1.165, 1.54) is 0 Å². The molecule has 0 saturated heterocycles. The van der Waals surface area contributed by atoms with Crippen molar-refractivity contribution in [3.63, 3.8) is 0 Å². The fraction of sp³-hybridized carbons (Fsp3) is 0.471. The van der Waals surface area contributed by atoms with Gasteiger partial charge in [0.2, 0.25) is 0 Å². The van der Waals surface area contributed by atoms with Gasteiger partial charge in [-0.3, -0.25) is 0 Å². The average molecular weight is 271 g/mol. The highest BCUT2D eigenvalue weighted by Crippen LogP contribution is 2.22. The summed E-state index contributed by atoms with van der Waals surface area (Å²) in [5.74, 6) is 2.93. The molecule has 3 N–H and O–H groups in total. The molecule has 1 aromatic heterocycles. The second-order valence-corrected chi connectivity index (χ2v) is 6.18. The molecule has 0 unspecified atom stereocenters. The lowest BCUT2D eigenvalue weighted by Crippen LogP contribution is -2.24. The Labute approximate surface area is 121 Å². The van der Waals surface area contributed by atoms with E-state index in [-0.39, 0.29) is 0 Å². The molecular formula is C17H25N3. The van der Waals surface area contributed by atoms with Crippen molar-refractivity contribution in [1.82, 2.24) is 4.98 Å². The van der Waals surface area contributed by atoms with E-state index in [4.69, 9.17) is 5.73 Å². The number of hydrogen-bond acceptors (Lipinski definition) is 3. The lowest BCUT2D eigenvalue weighted by atomic mass is 9.85. The third-order valence-electron chi connectivity index (χ3n) is 3.94. The summed E-state index contributed by atoms with van der Waals surface area (Å²) in [6, 6.07) is 9.92. The maximum Gasteiger partial charge on any atom is 0.126 e. The predicted molar refractivity (Wildman–Crippen MR) is 87.8 cm³/mol. The Kier molecular flexibility index (Phi) is 4.48. The second kappa shape index (κ2) is 6.12. The summed E-state index contributed by atoms with van der Waals surface area (Å²) < 4.78 is 0. The van der Waals surface area contributed by atoms with Crippen LogP contribution >= 0.6 is 0 Å². The van der Waals surface area contributed by atoms with Crippen LogP contribution < -0.4 is 11.1 Å². The van der Waals surface area contributed by atoms with Crippen LogP contribution in [0.1, 0.15) is 27.7 Å². The number of anilines is 2. The summed E-state index contributed by atoms with van der Waals surface area (Å²) >= 11 is 0. The van der Waals surface area contributed by atoms with Gasteiger partial charge in [0.25, 0.3) is 0 Å². The Bertz CT molecular complexity index is 567. The number of fused-ring (bicyclic) bond motifs is 1. The van der Waals surface area contributed by atoms with Gasteiger partial charge in [-0.15, -0.1) is 0 Å². The average Bonchev–Trinajstić information content (AvgIpc) is 2.38. The number of aromatic nitrogens is 1. The first kappa shape index (κ1) is 14.6. The van der Waals surface area contributed by atoms with Gasteiger partial charge in [-0.25, -0.2) is 4.98 Å². The largest absolute Gasteiger partial charge is 0.399 e. The molecule has 0 bridgehead atoms. The third-order valence-corrected chi connectivity index (χ3v) is 3.94. The highest BCUT2D eigenvalue weighted by molar-refractivity contribution is 5.83. The second-order valence-electron chi connectivity index (χ2n) is 6.18. The standard InChI is InChI=1S/C17H25N3/c1-11(2)15(12(3)4)10-19-17-8-5-13-9-14(18)6-7-16(13)20-17/h5-9,11-12,15H,10,18H2,1-4H3,(H,19,20). The van der Waals surface area contributed by atoms with Crippen molar-refractivity contribution < 1.29 is 0 Å². The molecule has 3 heteroatoms. The summed E-state index contributed by atoms with van der Waals surface area (Å²) in [7, 11) is 0. The predicted octanol–water partition coefficient (Wildman–Crippen LogP) is 4.16. The molecule has 20 heavy (non-hydrogen) atoms. The van der Waals surface area contributed by atoms with Crippen molar-refractivity contribution in [1.29, 1.82) is 0 Å². The first-order valence-electron chi connectivity index (χ1n) is 7.37. The molecule has 0 aliphatic carbocycles. The van der Waals surface area contributed by atoms with Gasteiger partial charge in [0.15, 0.2) is 0 Å². The van der Waals surface area contributed by atoms with E-state index in [9.17, 15) is 0 Å². The van der Waals surface area contributed by atoms with Crippen LogP contribution in [0.15, 0.2) is 30.3 Å². The number of hydrogen-bond donors (Lipinski definition) is 2. The van der Waals surface area contributed by atoms with Gasteiger partial charge in [-0.05, 0) is 48.1 Å². The molecule has 0 aliphatic heterocycles. The number of nitrogens with zero attached hydrogens (tertiary/aromatic N) is 1. The van der Waals surface area contributed by atoms with Gasteiger partial charge in [0.05, 0.1) is 5.52 Å². The molecular weight excluding hydrogens is 246 g/mol. The Morgan fingerprint density at radius 1 is 1.05 bits per heavy atom. The number of rotatable bonds is 5. The molecule has 3 nitrogen and oxygen atoms in total. The summed E-state index contributed by atoms with van der Waals surface area (Å²) in [4.78, 5) is 4.64. The quantitative estimate of drug-likeness (QED) is 0.803. The van der Waals surface area contributed by atoms with Crippen LogP contribution in [-0.4, -0.2) is 11.5 Å². The van der Waals surface area contributed by atoms with Crippen LogP contribution in [0.4, 0.5) is 11.5 Å². The van der Waals surface area contributed by atoms with Crippen LogP contribution in [0.3, 0.4) is 0 Å². The smallest absolute Gasteiger partial charge is 0.126 e. The molecule has 0 atom stereocenters. The number of pyridine rings is 1. The van der Waals surface area contributed by atoms with E-state index >= 15 is 0 Å². The van der Waals surface area contributed by atoms with E-state index in [1.807, 2.05) is 24.3 Å². The molecule has 2 aromatic rings. The van der Waals surface area contributed by atoms with Gasteiger partial charge in [-0.1, -0.05) is 27.7 Å². The van der Waals surface area contributed by atoms with Crippen LogP contribution in [-0.2, 0) is 0 Å². The Balaban J connectivity index is 2.12. The van der Waals surface area contributed by atoms with Crippen molar-refractivity contribution >= 4 is 22.4 Å². The molecule has 108 valence electrons. The van der Waals surface area contributed by atoms with Crippen molar-refractivity contribution in [3.8, 4) is 0 Å². The monoisotopic (exact) mass is 271 g/mol. The van der Waals surface area contributed by atoms with Gasteiger partial charge < -0.3 is 11.1 Å². The van der Waals surface area contributed by atoms with Crippen molar-refractivity contribution in [2.45, 2.75) is 27.7 Å². The highest BCUT2D eigenvalue weighted by atomic mass is 15.0. The van der Waals surface area contributed by atoms with Gasteiger partial charge in [0.1, 0.15) is 5.82 Å². The molecule has 2 rings (SSSR count). The van der Waals surface area contributed by atoms with Gasteiger partial charge >= 0.3 is 0 Å². The van der Waals surface area contributed by atoms with Gasteiger partial charge in [0, 0.05) is 17.6 Å². The molecule has 0 spiro atoms. The zero-order valence-electron chi connectivity index (χ0n) is 12.9. The molecule has 0 fully saturated rings. The molecule has 0 radical (unpaired) electrons. The van der Waals surface area contributed by atoms with Crippen LogP contribution in [0.25, 0.3) is 10.9 Å². The van der Waals surface area contributed by atoms with E-state index in [0.717, 1.165) is 29.0 Å². The lowest BCUT2D eigenvalue weighted by molar-refractivity contribution is 0.304. The molecule has 0 aliphatic rings. The maximum atomic E-state index is 5.78. The van der Waals surface area contributed by atoms with Crippen molar-refractivity contribution in [2.75, 3.05) is 17.6 Å². The zero-order chi connectivity index (χ0) is 14.7. The molecule has 1 aromatic carbocycles. The first-order chi connectivity index (χ1) is 9.47. The fourth-order valence-electron chi connectivity index (χ4n) is 2.71. The van der Waals surface area contributed by atoms with Crippen LogP contribution in [0.5, 0.6) is 0 Å². The summed E-state index contributed by atoms with van der Waals surface area (Å²) in [6.45, 7) is 10.1. The van der Waals surface area contributed by atoms with E-state index < -0.39 is 0 Å². The number of nitrogens with one attached hydrogen (secondary N) is 1. The Morgan fingerprint density at radius 3 is 2.40 bits per heavy atom. The van der Waals surface area contributed by atoms with Crippen LogP contribution in [0.2, 0.25) is 0 Å². The Morgan fingerprint density at radius 2 is 1.75 bits per heavy atom. The Hall–Kier alpha value is -1.77. The third kappa shape index (κ3) is 3.41. The minimum absolute atomic E-state index is 0.652.